The van der Waals surface area contributed by atoms with Crippen LogP contribution in [0.2, 0.25) is 0 Å². The normalized spacial score (nSPS) is 23.2. The molecular weight excluding hydrogens is 230 g/mol. The van der Waals surface area contributed by atoms with Gasteiger partial charge in [-0.05, 0) is 18.8 Å². The number of hydrogen-bond donors (Lipinski definition) is 1. The molecule has 5 nitrogen and oxygen atoms in total. The number of likely N-dealkylation sites (tertiary alicyclic amines) is 1. The molecular formula is C13H25N3O2. The topological polar surface area (TPSA) is 44.8 Å². The highest BCUT2D eigenvalue weighted by Gasteiger charge is 2.18. The lowest BCUT2D eigenvalue weighted by Gasteiger charge is -2.30. The number of amides is 1. The highest BCUT2D eigenvalue weighted by Crippen LogP contribution is 2.16. The average molecular weight is 255 g/mol. The van der Waals surface area contributed by atoms with E-state index in [-0.39, 0.29) is 0 Å². The minimum atomic E-state index is 0.643. The first kappa shape index (κ1) is 13.8. The van der Waals surface area contributed by atoms with E-state index in [0.717, 1.165) is 78.3 Å². The number of rotatable bonds is 6. The number of piperidine rings is 1. The van der Waals surface area contributed by atoms with Crippen LogP contribution in [0.3, 0.4) is 0 Å². The minimum absolute atomic E-state index is 0.643. The van der Waals surface area contributed by atoms with Crippen molar-refractivity contribution in [1.29, 1.82) is 0 Å². The van der Waals surface area contributed by atoms with Crippen molar-refractivity contribution in [1.82, 2.24) is 15.1 Å². The third kappa shape index (κ3) is 4.55. The Balaban J connectivity index is 1.49. The van der Waals surface area contributed by atoms with E-state index in [0.29, 0.717) is 5.92 Å². The summed E-state index contributed by atoms with van der Waals surface area (Å²) in [5, 5.41) is 3.35. The van der Waals surface area contributed by atoms with Gasteiger partial charge in [-0.15, -0.1) is 0 Å². The summed E-state index contributed by atoms with van der Waals surface area (Å²) >= 11 is 0. The highest BCUT2D eigenvalue weighted by molar-refractivity contribution is 5.47. The van der Waals surface area contributed by atoms with Crippen molar-refractivity contribution >= 4 is 6.41 Å². The molecule has 0 saturated carbocycles. The van der Waals surface area contributed by atoms with Crippen molar-refractivity contribution in [2.75, 3.05) is 59.0 Å². The lowest BCUT2D eigenvalue weighted by molar-refractivity contribution is -0.119. The molecule has 2 aliphatic heterocycles. The number of carbonyl (C=O) groups is 1. The van der Waals surface area contributed by atoms with Crippen LogP contribution in [0.1, 0.15) is 12.8 Å². The molecule has 2 heterocycles. The van der Waals surface area contributed by atoms with Crippen molar-refractivity contribution in [3.63, 3.8) is 0 Å². The zero-order chi connectivity index (χ0) is 12.6. The monoisotopic (exact) mass is 255 g/mol. The number of carbonyl (C=O) groups excluding carboxylic acids is 1. The SMILES string of the molecule is O=CN1CCC(COCCN2CCNCC2)CC1. The molecule has 2 fully saturated rings. The second-order valence-corrected chi connectivity index (χ2v) is 5.25. The molecule has 0 aromatic carbocycles. The van der Waals surface area contributed by atoms with Gasteiger partial charge in [0.1, 0.15) is 0 Å². The second-order valence-electron chi connectivity index (χ2n) is 5.25. The molecule has 0 radical (unpaired) electrons. The van der Waals surface area contributed by atoms with E-state index >= 15 is 0 Å². The summed E-state index contributed by atoms with van der Waals surface area (Å²) < 4.78 is 5.78. The molecule has 2 rings (SSSR count). The van der Waals surface area contributed by atoms with Crippen LogP contribution >= 0.6 is 0 Å². The van der Waals surface area contributed by atoms with E-state index in [1.807, 2.05) is 4.90 Å². The molecule has 0 aromatic heterocycles. The molecule has 0 unspecified atom stereocenters. The number of nitrogens with one attached hydrogen (secondary N) is 1. The number of nitrogens with zero attached hydrogens (tertiary/aromatic N) is 2. The van der Waals surface area contributed by atoms with E-state index in [1.165, 1.54) is 0 Å². The van der Waals surface area contributed by atoms with Gasteiger partial charge in [-0.25, -0.2) is 0 Å². The van der Waals surface area contributed by atoms with Gasteiger partial charge in [-0.3, -0.25) is 9.69 Å². The average Bonchev–Trinajstić information content (AvgIpc) is 2.45. The molecule has 0 aromatic rings. The number of hydrogen-bond acceptors (Lipinski definition) is 4. The maximum Gasteiger partial charge on any atom is 0.209 e. The van der Waals surface area contributed by atoms with Crippen molar-refractivity contribution in [2.24, 2.45) is 5.92 Å². The molecule has 104 valence electrons. The molecule has 0 atom stereocenters. The van der Waals surface area contributed by atoms with Gasteiger partial charge in [0.15, 0.2) is 0 Å². The molecule has 0 aliphatic carbocycles. The van der Waals surface area contributed by atoms with E-state index in [1.54, 1.807) is 0 Å². The van der Waals surface area contributed by atoms with Gasteiger partial charge in [0, 0.05) is 52.4 Å². The predicted molar refractivity (Wildman–Crippen MR) is 70.5 cm³/mol. The van der Waals surface area contributed by atoms with Crippen LogP contribution in [0.5, 0.6) is 0 Å². The fourth-order valence-corrected chi connectivity index (χ4v) is 2.60. The van der Waals surface area contributed by atoms with Gasteiger partial charge in [0.25, 0.3) is 0 Å². The number of ether oxygens (including phenoxy) is 1. The first-order valence-electron chi connectivity index (χ1n) is 7.08. The molecule has 2 saturated heterocycles. The molecule has 18 heavy (non-hydrogen) atoms. The fraction of sp³-hybridized carbons (Fsp3) is 0.923. The van der Waals surface area contributed by atoms with Crippen LogP contribution < -0.4 is 5.32 Å². The Hall–Kier alpha value is -0.650. The lowest BCUT2D eigenvalue weighted by Crippen LogP contribution is -2.44. The Bertz CT molecular complexity index is 236. The summed E-state index contributed by atoms with van der Waals surface area (Å²) in [7, 11) is 0. The van der Waals surface area contributed by atoms with Crippen LogP contribution in [-0.2, 0) is 9.53 Å². The van der Waals surface area contributed by atoms with Gasteiger partial charge >= 0.3 is 0 Å². The number of piperazine rings is 1. The molecule has 1 N–H and O–H groups in total. The minimum Gasteiger partial charge on any atom is -0.380 e. The molecule has 5 heteroatoms. The third-order valence-electron chi connectivity index (χ3n) is 3.91. The van der Waals surface area contributed by atoms with Crippen LogP contribution in [0.4, 0.5) is 0 Å². The van der Waals surface area contributed by atoms with Gasteiger partial charge in [0.05, 0.1) is 6.61 Å². The fourth-order valence-electron chi connectivity index (χ4n) is 2.60. The summed E-state index contributed by atoms with van der Waals surface area (Å²) in [4.78, 5) is 14.9. The van der Waals surface area contributed by atoms with Crippen LogP contribution in [0.25, 0.3) is 0 Å². The zero-order valence-corrected chi connectivity index (χ0v) is 11.1. The molecule has 0 spiro atoms. The summed E-state index contributed by atoms with van der Waals surface area (Å²) in [5.41, 5.74) is 0. The Labute approximate surface area is 109 Å². The Kier molecular flexibility index (Phi) is 5.90. The lowest BCUT2D eigenvalue weighted by atomic mass is 9.98. The first-order chi connectivity index (χ1) is 8.88. The van der Waals surface area contributed by atoms with Crippen LogP contribution in [-0.4, -0.2) is 75.2 Å². The van der Waals surface area contributed by atoms with Crippen LogP contribution in [0.15, 0.2) is 0 Å². The van der Waals surface area contributed by atoms with E-state index < -0.39 is 0 Å². The Morgan fingerprint density at radius 3 is 2.56 bits per heavy atom. The van der Waals surface area contributed by atoms with Gasteiger partial charge in [-0.2, -0.15) is 0 Å². The van der Waals surface area contributed by atoms with Crippen molar-refractivity contribution in [3.05, 3.63) is 0 Å². The van der Waals surface area contributed by atoms with Gasteiger partial charge < -0.3 is 15.0 Å². The zero-order valence-electron chi connectivity index (χ0n) is 11.1. The molecule has 2 aliphatic rings. The predicted octanol–water partition coefficient (Wildman–Crippen LogP) is -0.223. The highest BCUT2D eigenvalue weighted by atomic mass is 16.5. The van der Waals surface area contributed by atoms with Crippen molar-refractivity contribution in [3.8, 4) is 0 Å². The molecule has 1 amide bonds. The molecule has 0 bridgehead atoms. The quantitative estimate of drug-likeness (QED) is 0.526. The second kappa shape index (κ2) is 7.71. The van der Waals surface area contributed by atoms with E-state index in [2.05, 4.69) is 10.2 Å². The standard InChI is InChI=1S/C13H25N3O2/c17-12-16-5-1-13(2-6-16)11-18-10-9-15-7-3-14-4-8-15/h12-14H,1-11H2. The maximum atomic E-state index is 10.6. The van der Waals surface area contributed by atoms with E-state index in [4.69, 9.17) is 4.74 Å². The third-order valence-corrected chi connectivity index (χ3v) is 3.91. The van der Waals surface area contributed by atoms with E-state index in [9.17, 15) is 4.79 Å². The van der Waals surface area contributed by atoms with Crippen molar-refractivity contribution < 1.29 is 9.53 Å². The largest absolute Gasteiger partial charge is 0.380 e. The Morgan fingerprint density at radius 1 is 1.17 bits per heavy atom. The van der Waals surface area contributed by atoms with Crippen LogP contribution in [0, 0.1) is 5.92 Å². The van der Waals surface area contributed by atoms with Crippen molar-refractivity contribution in [2.45, 2.75) is 12.8 Å². The summed E-state index contributed by atoms with van der Waals surface area (Å²) in [6, 6.07) is 0. The van der Waals surface area contributed by atoms with Gasteiger partial charge in [-0.1, -0.05) is 0 Å². The Morgan fingerprint density at radius 2 is 1.89 bits per heavy atom. The summed E-state index contributed by atoms with van der Waals surface area (Å²) in [6.45, 7) is 9.03. The maximum absolute atomic E-state index is 10.6. The summed E-state index contributed by atoms with van der Waals surface area (Å²) in [5.74, 6) is 0.643. The first-order valence-corrected chi connectivity index (χ1v) is 7.08. The summed E-state index contributed by atoms with van der Waals surface area (Å²) in [6.07, 6.45) is 3.14. The smallest absolute Gasteiger partial charge is 0.209 e. The van der Waals surface area contributed by atoms with Gasteiger partial charge in [0.2, 0.25) is 6.41 Å².